The van der Waals surface area contributed by atoms with Gasteiger partial charge in [0.25, 0.3) is 0 Å². The smallest absolute Gasteiger partial charge is 0.410 e. The summed E-state index contributed by atoms with van der Waals surface area (Å²) in [5.41, 5.74) is 0.545. The van der Waals surface area contributed by atoms with Gasteiger partial charge < -0.3 is 14.5 Å². The van der Waals surface area contributed by atoms with E-state index in [1.807, 2.05) is 37.8 Å². The molecule has 0 saturated carbocycles. The molecule has 2 aliphatic heterocycles. The summed E-state index contributed by atoms with van der Waals surface area (Å²) in [4.78, 5) is 31.5. The van der Waals surface area contributed by atoms with Crippen LogP contribution in [0.15, 0.2) is 24.3 Å². The summed E-state index contributed by atoms with van der Waals surface area (Å²) >= 11 is 0. The van der Waals surface area contributed by atoms with Crippen LogP contribution in [-0.2, 0) is 16.1 Å². The fraction of sp³-hybridized carbons (Fsp3) is 0.652. The summed E-state index contributed by atoms with van der Waals surface area (Å²) in [6.07, 6.45) is 2.21. The molecule has 1 aromatic carbocycles. The highest BCUT2D eigenvalue weighted by Gasteiger charge is 2.33. The van der Waals surface area contributed by atoms with Crippen LogP contribution in [0.25, 0.3) is 0 Å². The zero-order valence-electron chi connectivity index (χ0n) is 18.4. The van der Waals surface area contributed by atoms with Crippen LogP contribution in [0, 0.1) is 11.7 Å². The van der Waals surface area contributed by atoms with Gasteiger partial charge in [0.1, 0.15) is 11.4 Å². The molecule has 2 aliphatic rings. The first-order chi connectivity index (χ1) is 14.2. The lowest BCUT2D eigenvalue weighted by molar-refractivity contribution is -0.137. The van der Waals surface area contributed by atoms with Gasteiger partial charge in [0.15, 0.2) is 0 Å². The van der Waals surface area contributed by atoms with Crippen molar-refractivity contribution in [3.8, 4) is 0 Å². The van der Waals surface area contributed by atoms with Crippen LogP contribution in [0.2, 0.25) is 0 Å². The van der Waals surface area contributed by atoms with Crippen molar-refractivity contribution in [1.29, 1.82) is 0 Å². The van der Waals surface area contributed by atoms with Crippen LogP contribution in [-0.4, -0.2) is 71.6 Å². The van der Waals surface area contributed by atoms with Gasteiger partial charge in [0, 0.05) is 45.8 Å². The number of likely N-dealkylation sites (tertiary alicyclic amines) is 1. The molecule has 3 rings (SSSR count). The van der Waals surface area contributed by atoms with E-state index in [0.717, 1.165) is 51.0 Å². The number of ether oxygens (including phenoxy) is 1. The third-order valence-electron chi connectivity index (χ3n) is 5.64. The third-order valence-corrected chi connectivity index (χ3v) is 5.64. The predicted molar refractivity (Wildman–Crippen MR) is 113 cm³/mol. The zero-order chi connectivity index (χ0) is 21.7. The van der Waals surface area contributed by atoms with Crippen molar-refractivity contribution in [2.24, 2.45) is 5.92 Å². The molecule has 0 radical (unpaired) electrons. The van der Waals surface area contributed by atoms with Crippen molar-refractivity contribution in [2.45, 2.75) is 52.2 Å². The predicted octanol–water partition coefficient (Wildman–Crippen LogP) is 3.51. The molecule has 2 amide bonds. The van der Waals surface area contributed by atoms with E-state index < -0.39 is 5.60 Å². The molecule has 2 fully saturated rings. The maximum absolute atomic E-state index is 13.1. The second-order valence-corrected chi connectivity index (χ2v) is 9.35. The quantitative estimate of drug-likeness (QED) is 0.752. The van der Waals surface area contributed by atoms with E-state index in [2.05, 4.69) is 4.90 Å². The molecule has 1 unspecified atom stereocenters. The molecule has 0 aromatic heterocycles. The lowest BCUT2D eigenvalue weighted by Crippen LogP contribution is -2.48. The Labute approximate surface area is 179 Å². The van der Waals surface area contributed by atoms with Crippen LogP contribution in [0.1, 0.15) is 45.6 Å². The summed E-state index contributed by atoms with van der Waals surface area (Å²) in [5.74, 6) is -0.235. The number of halogens is 1. The lowest BCUT2D eigenvalue weighted by atomic mass is 9.96. The molecule has 2 heterocycles. The van der Waals surface area contributed by atoms with Gasteiger partial charge >= 0.3 is 6.09 Å². The minimum absolute atomic E-state index is 0.145. The summed E-state index contributed by atoms with van der Waals surface area (Å²) in [5, 5.41) is 0. The summed E-state index contributed by atoms with van der Waals surface area (Å²) in [6, 6.07) is 6.61. The van der Waals surface area contributed by atoms with Crippen molar-refractivity contribution in [1.82, 2.24) is 14.7 Å². The van der Waals surface area contributed by atoms with Crippen molar-refractivity contribution >= 4 is 12.0 Å². The average Bonchev–Trinajstić information content (AvgIpc) is 2.93. The Kier molecular flexibility index (Phi) is 7.34. The van der Waals surface area contributed by atoms with Crippen LogP contribution in [0.3, 0.4) is 0 Å². The van der Waals surface area contributed by atoms with Crippen LogP contribution in [0.4, 0.5) is 9.18 Å². The molecule has 0 bridgehead atoms. The van der Waals surface area contributed by atoms with Crippen LogP contribution < -0.4 is 0 Å². The van der Waals surface area contributed by atoms with Crippen molar-refractivity contribution in [2.75, 3.05) is 39.3 Å². The highest BCUT2D eigenvalue weighted by atomic mass is 19.1. The second kappa shape index (κ2) is 9.77. The lowest BCUT2D eigenvalue weighted by Gasteiger charge is -2.35. The van der Waals surface area contributed by atoms with Gasteiger partial charge in [-0.3, -0.25) is 9.69 Å². The minimum Gasteiger partial charge on any atom is -0.444 e. The first-order valence-electron chi connectivity index (χ1n) is 10.9. The Hall–Kier alpha value is -2.15. The standard InChI is InChI=1S/C23H34FN3O3/c1-23(2,3)30-22(29)27-12-4-6-19(17-27)21(28)26-13-5-11-25(14-15-26)16-18-7-9-20(24)10-8-18/h7-10,19H,4-6,11-17H2,1-3H3. The fourth-order valence-corrected chi connectivity index (χ4v) is 4.13. The molecule has 30 heavy (non-hydrogen) atoms. The van der Waals surface area contributed by atoms with Crippen LogP contribution in [0.5, 0.6) is 0 Å². The van der Waals surface area contributed by atoms with Crippen LogP contribution >= 0.6 is 0 Å². The monoisotopic (exact) mass is 419 g/mol. The van der Waals surface area contributed by atoms with Crippen molar-refractivity contribution in [3.63, 3.8) is 0 Å². The number of carbonyl (C=O) groups excluding carboxylic acids is 2. The number of nitrogens with zero attached hydrogens (tertiary/aromatic N) is 3. The Morgan fingerprint density at radius 3 is 2.40 bits per heavy atom. The third kappa shape index (κ3) is 6.42. The first kappa shape index (κ1) is 22.5. The number of carbonyl (C=O) groups is 2. The van der Waals surface area contributed by atoms with Gasteiger partial charge in [0.05, 0.1) is 5.92 Å². The maximum Gasteiger partial charge on any atom is 0.410 e. The zero-order valence-corrected chi connectivity index (χ0v) is 18.4. The topological polar surface area (TPSA) is 53.1 Å². The molecular weight excluding hydrogens is 385 g/mol. The highest BCUT2D eigenvalue weighted by molar-refractivity contribution is 5.80. The van der Waals surface area contributed by atoms with E-state index in [1.165, 1.54) is 12.1 Å². The number of piperidine rings is 1. The maximum atomic E-state index is 13.1. The first-order valence-corrected chi connectivity index (χ1v) is 10.9. The molecule has 0 aliphatic carbocycles. The van der Waals surface area contributed by atoms with E-state index in [0.29, 0.717) is 19.6 Å². The Balaban J connectivity index is 1.52. The molecule has 1 aromatic rings. The molecule has 7 heteroatoms. The Morgan fingerprint density at radius 1 is 1.00 bits per heavy atom. The summed E-state index contributed by atoms with van der Waals surface area (Å²) in [7, 11) is 0. The molecule has 2 saturated heterocycles. The van der Waals surface area contributed by atoms with E-state index in [9.17, 15) is 14.0 Å². The van der Waals surface area contributed by atoms with E-state index in [-0.39, 0.29) is 23.7 Å². The van der Waals surface area contributed by atoms with Gasteiger partial charge in [-0.25, -0.2) is 9.18 Å². The number of hydrogen-bond acceptors (Lipinski definition) is 4. The number of benzene rings is 1. The van der Waals surface area contributed by atoms with Gasteiger partial charge in [-0.2, -0.15) is 0 Å². The average molecular weight is 420 g/mol. The number of amides is 2. The van der Waals surface area contributed by atoms with E-state index in [1.54, 1.807) is 4.90 Å². The van der Waals surface area contributed by atoms with Crippen molar-refractivity contribution in [3.05, 3.63) is 35.6 Å². The SMILES string of the molecule is CC(C)(C)OC(=O)N1CCCC(C(=O)N2CCCN(Cc3ccc(F)cc3)CC2)C1. The Bertz CT molecular complexity index is 732. The highest BCUT2D eigenvalue weighted by Crippen LogP contribution is 2.22. The molecular formula is C23H34FN3O3. The van der Waals surface area contributed by atoms with E-state index in [4.69, 9.17) is 4.74 Å². The van der Waals surface area contributed by atoms with Gasteiger partial charge in [-0.05, 0) is 57.7 Å². The second-order valence-electron chi connectivity index (χ2n) is 9.35. The molecule has 166 valence electrons. The largest absolute Gasteiger partial charge is 0.444 e. The van der Waals surface area contributed by atoms with Gasteiger partial charge in [-0.15, -0.1) is 0 Å². The summed E-state index contributed by atoms with van der Waals surface area (Å²) in [6.45, 7) is 10.5. The minimum atomic E-state index is -0.535. The van der Waals surface area contributed by atoms with E-state index >= 15 is 0 Å². The number of rotatable bonds is 3. The normalized spacial score (nSPS) is 21.3. The van der Waals surface area contributed by atoms with Crippen molar-refractivity contribution < 1.29 is 18.7 Å². The van der Waals surface area contributed by atoms with Gasteiger partial charge in [0.2, 0.25) is 5.91 Å². The number of hydrogen-bond donors (Lipinski definition) is 0. The molecule has 1 atom stereocenters. The Morgan fingerprint density at radius 2 is 1.70 bits per heavy atom. The van der Waals surface area contributed by atoms with Gasteiger partial charge in [-0.1, -0.05) is 12.1 Å². The molecule has 0 N–H and O–H groups in total. The summed E-state index contributed by atoms with van der Waals surface area (Å²) < 4.78 is 18.6. The molecule has 0 spiro atoms. The molecule has 6 nitrogen and oxygen atoms in total. The fourth-order valence-electron chi connectivity index (χ4n) is 4.13.